The van der Waals surface area contributed by atoms with E-state index >= 15 is 0 Å². The van der Waals surface area contributed by atoms with Crippen molar-refractivity contribution in [3.8, 4) is 0 Å². The molecule has 5 nitrogen and oxygen atoms in total. The van der Waals surface area contributed by atoms with Crippen LogP contribution in [-0.4, -0.2) is 13.9 Å². The van der Waals surface area contributed by atoms with Gasteiger partial charge in [0.05, 0.1) is 18.4 Å². The zero-order valence-corrected chi connectivity index (χ0v) is 12.9. The van der Waals surface area contributed by atoms with Crippen molar-refractivity contribution < 1.29 is 8.78 Å². The lowest BCUT2D eigenvalue weighted by atomic mass is 10.2. The van der Waals surface area contributed by atoms with E-state index in [-0.39, 0.29) is 12.2 Å². The molecule has 0 unspecified atom stereocenters. The first-order valence-corrected chi connectivity index (χ1v) is 7.54. The lowest BCUT2D eigenvalue weighted by Crippen LogP contribution is -2.27. The summed E-state index contributed by atoms with van der Waals surface area (Å²) in [6, 6.07) is 7.13. The topological polar surface area (TPSA) is 63.0 Å². The molecule has 1 N–H and O–H groups in total. The number of aromatic nitrogens is 3. The highest BCUT2D eigenvalue weighted by molar-refractivity contribution is 7.02. The van der Waals surface area contributed by atoms with Gasteiger partial charge in [0, 0.05) is 5.69 Å². The van der Waals surface area contributed by atoms with Crippen LogP contribution < -0.4 is 10.5 Å². The molecule has 23 heavy (non-hydrogen) atoms. The van der Waals surface area contributed by atoms with Crippen LogP contribution in [0.3, 0.4) is 0 Å². The number of rotatable bonds is 3. The monoisotopic (exact) mass is 334 g/mol. The minimum absolute atomic E-state index is 0.0914. The molecular weight excluding hydrogens is 322 g/mol. The predicted molar refractivity (Wildman–Crippen MR) is 82.6 cm³/mol. The number of nitrogens with zero attached hydrogens (tertiary/aromatic N) is 3. The van der Waals surface area contributed by atoms with Gasteiger partial charge in [-0.05, 0) is 48.3 Å². The fourth-order valence-electron chi connectivity index (χ4n) is 1.97. The highest BCUT2D eigenvalue weighted by Gasteiger charge is 2.07. The Kier molecular flexibility index (Phi) is 4.16. The maximum atomic E-state index is 13.3. The molecule has 0 spiro atoms. The van der Waals surface area contributed by atoms with Crippen molar-refractivity contribution in [2.75, 3.05) is 0 Å². The van der Waals surface area contributed by atoms with Crippen molar-refractivity contribution >= 4 is 17.2 Å². The minimum atomic E-state index is -0.948. The van der Waals surface area contributed by atoms with E-state index in [0.717, 1.165) is 29.4 Å². The summed E-state index contributed by atoms with van der Waals surface area (Å²) in [7, 11) is 0. The number of nitrogens with one attached hydrogen (secondary N) is 1. The maximum absolute atomic E-state index is 13.3. The summed E-state index contributed by atoms with van der Waals surface area (Å²) in [5, 5.41) is 0. The normalized spacial score (nSPS) is 11.9. The summed E-state index contributed by atoms with van der Waals surface area (Å²) in [4.78, 5) is 20.8. The van der Waals surface area contributed by atoms with Gasteiger partial charge < -0.3 is 0 Å². The third kappa shape index (κ3) is 3.42. The van der Waals surface area contributed by atoms with E-state index in [0.29, 0.717) is 16.1 Å². The van der Waals surface area contributed by atoms with Crippen molar-refractivity contribution in [3.63, 3.8) is 0 Å². The molecule has 0 saturated carbocycles. The molecule has 0 atom stereocenters. The first-order valence-electron chi connectivity index (χ1n) is 6.72. The third-order valence-corrected chi connectivity index (χ3v) is 3.92. The Morgan fingerprint density at radius 3 is 2.78 bits per heavy atom. The highest BCUT2D eigenvalue weighted by Crippen LogP contribution is 2.10. The number of hydrogen-bond acceptors (Lipinski definition) is 4. The van der Waals surface area contributed by atoms with Crippen LogP contribution in [0, 0.1) is 18.6 Å². The highest BCUT2D eigenvalue weighted by atomic mass is 32.1. The third-order valence-electron chi connectivity index (χ3n) is 3.15. The van der Waals surface area contributed by atoms with Crippen molar-refractivity contribution in [1.82, 2.24) is 13.9 Å². The van der Waals surface area contributed by atoms with E-state index in [9.17, 15) is 13.6 Å². The van der Waals surface area contributed by atoms with Gasteiger partial charge in [0.2, 0.25) is 4.80 Å². The van der Waals surface area contributed by atoms with Crippen LogP contribution in [0.5, 0.6) is 0 Å². The Bertz CT molecular complexity index is 957. The fraction of sp³-hybridized carbons (Fsp3) is 0.133. The number of halogens is 2. The number of hydrogen-bond donors (Lipinski definition) is 1. The van der Waals surface area contributed by atoms with Crippen LogP contribution in [-0.2, 0) is 6.54 Å². The summed E-state index contributed by atoms with van der Waals surface area (Å²) >= 11 is 1.06. The molecule has 0 aliphatic heterocycles. The van der Waals surface area contributed by atoms with Crippen LogP contribution in [0.2, 0.25) is 0 Å². The zero-order valence-electron chi connectivity index (χ0n) is 12.1. The lowest BCUT2D eigenvalue weighted by Gasteiger charge is -2.02. The first-order chi connectivity index (χ1) is 11.0. The van der Waals surface area contributed by atoms with E-state index in [1.54, 1.807) is 12.3 Å². The summed E-state index contributed by atoms with van der Waals surface area (Å²) < 4.78 is 30.2. The largest absolute Gasteiger partial charge is 0.337 e. The van der Waals surface area contributed by atoms with Gasteiger partial charge in [0.1, 0.15) is 0 Å². The van der Waals surface area contributed by atoms with E-state index < -0.39 is 11.6 Å². The average molecular weight is 334 g/mol. The lowest BCUT2D eigenvalue weighted by molar-refractivity contribution is 0.506. The van der Waals surface area contributed by atoms with Gasteiger partial charge in [-0.3, -0.25) is 13.9 Å². The van der Waals surface area contributed by atoms with Gasteiger partial charge in [0.15, 0.2) is 11.6 Å². The zero-order chi connectivity index (χ0) is 16.4. The summed E-state index contributed by atoms with van der Waals surface area (Å²) in [5.74, 6) is -1.87. The van der Waals surface area contributed by atoms with E-state index in [1.807, 2.05) is 13.0 Å². The van der Waals surface area contributed by atoms with Gasteiger partial charge in [-0.2, -0.15) is 0 Å². The Hall–Kier alpha value is -2.61. The van der Waals surface area contributed by atoms with Gasteiger partial charge in [0.25, 0.3) is 0 Å². The fourth-order valence-corrected chi connectivity index (χ4v) is 2.66. The molecule has 0 aliphatic rings. The van der Waals surface area contributed by atoms with Crippen LogP contribution in [0.15, 0.2) is 46.3 Å². The second-order valence-electron chi connectivity index (χ2n) is 4.90. The number of aromatic amines is 1. The Labute approximate surface area is 133 Å². The number of benzene rings is 1. The van der Waals surface area contributed by atoms with Gasteiger partial charge in [-0.25, -0.2) is 18.6 Å². The van der Waals surface area contributed by atoms with Crippen LogP contribution in [0.4, 0.5) is 14.5 Å². The predicted octanol–water partition coefficient (Wildman–Crippen LogP) is 2.50. The second-order valence-corrected chi connectivity index (χ2v) is 5.67. The molecular formula is C15H12F2N4OS. The molecule has 0 aliphatic carbocycles. The maximum Gasteiger partial charge on any atom is 0.337 e. The molecule has 3 rings (SSSR count). The van der Waals surface area contributed by atoms with E-state index in [4.69, 9.17) is 0 Å². The van der Waals surface area contributed by atoms with E-state index in [1.165, 1.54) is 10.6 Å². The standard InChI is InChI=1S/C15H12F2N4OS/c1-9-2-4-11(7-18-9)19-15-21(14(22)20-23-15)8-10-3-5-12(16)13(17)6-10/h2-7H,8H2,1H3,(H,20,22)/b19-15-. The van der Waals surface area contributed by atoms with Crippen LogP contribution in [0.1, 0.15) is 11.3 Å². The van der Waals surface area contributed by atoms with E-state index in [2.05, 4.69) is 14.3 Å². The van der Waals surface area contributed by atoms with Gasteiger partial charge >= 0.3 is 5.69 Å². The van der Waals surface area contributed by atoms with Crippen molar-refractivity contribution in [2.45, 2.75) is 13.5 Å². The van der Waals surface area contributed by atoms with Crippen LogP contribution >= 0.6 is 11.5 Å². The summed E-state index contributed by atoms with van der Waals surface area (Å²) in [6.07, 6.45) is 1.60. The summed E-state index contributed by atoms with van der Waals surface area (Å²) in [5.41, 5.74) is 1.57. The molecule has 0 radical (unpaired) electrons. The number of aryl methyl sites for hydroxylation is 1. The molecule has 1 aromatic carbocycles. The minimum Gasteiger partial charge on any atom is -0.263 e. The smallest absolute Gasteiger partial charge is 0.263 e. The van der Waals surface area contributed by atoms with Crippen molar-refractivity contribution in [2.24, 2.45) is 4.99 Å². The molecule has 2 aromatic heterocycles. The molecule has 0 bridgehead atoms. The Morgan fingerprint density at radius 1 is 1.26 bits per heavy atom. The number of H-pyrrole nitrogens is 1. The number of pyridine rings is 1. The molecule has 0 fully saturated rings. The molecule has 0 saturated heterocycles. The Morgan fingerprint density at radius 2 is 2.09 bits per heavy atom. The SMILES string of the molecule is Cc1ccc(/N=c2\s[nH]c(=O)n2Cc2ccc(F)c(F)c2)cn1. The first kappa shape index (κ1) is 15.3. The van der Waals surface area contributed by atoms with Crippen molar-refractivity contribution in [3.05, 3.63) is 74.7 Å². The van der Waals surface area contributed by atoms with Crippen LogP contribution in [0.25, 0.3) is 0 Å². The molecule has 0 amide bonds. The van der Waals surface area contributed by atoms with Crippen molar-refractivity contribution in [1.29, 1.82) is 0 Å². The average Bonchev–Trinajstić information content (AvgIpc) is 2.86. The molecule has 3 aromatic rings. The molecule has 118 valence electrons. The van der Waals surface area contributed by atoms with Gasteiger partial charge in [-0.15, -0.1) is 0 Å². The Balaban J connectivity index is 2.00. The molecule has 2 heterocycles. The quantitative estimate of drug-likeness (QED) is 0.800. The molecule has 8 heteroatoms. The second kappa shape index (κ2) is 6.25. The van der Waals surface area contributed by atoms with Gasteiger partial charge in [-0.1, -0.05) is 6.07 Å². The summed E-state index contributed by atoms with van der Waals surface area (Å²) in [6.45, 7) is 1.95.